The standard InChI is InChI=1S/C16H25FN2O3/c1-11(20)8-16(2,3)10-19-15(22)18-9-14(21)12-4-6-13(17)7-5-12/h4-7,11,14,20-21H,8-10H2,1-3H3,(H2,18,19,22). The molecule has 0 spiro atoms. The van der Waals surface area contributed by atoms with Gasteiger partial charge in [0.15, 0.2) is 0 Å². The van der Waals surface area contributed by atoms with Crippen molar-refractivity contribution >= 4 is 6.03 Å². The van der Waals surface area contributed by atoms with Gasteiger partial charge in [-0.15, -0.1) is 0 Å². The lowest BCUT2D eigenvalue weighted by Crippen LogP contribution is -2.42. The summed E-state index contributed by atoms with van der Waals surface area (Å²) < 4.78 is 12.8. The minimum atomic E-state index is -0.892. The molecule has 0 saturated heterocycles. The number of carbonyl (C=O) groups excluding carboxylic acids is 1. The summed E-state index contributed by atoms with van der Waals surface area (Å²) in [6.45, 7) is 6.06. The lowest BCUT2D eigenvalue weighted by Gasteiger charge is -2.26. The van der Waals surface area contributed by atoms with Crippen molar-refractivity contribution in [3.8, 4) is 0 Å². The molecule has 0 aliphatic rings. The molecule has 0 radical (unpaired) electrons. The van der Waals surface area contributed by atoms with E-state index >= 15 is 0 Å². The van der Waals surface area contributed by atoms with E-state index in [4.69, 9.17) is 0 Å². The number of benzene rings is 1. The maximum atomic E-state index is 12.8. The zero-order valence-electron chi connectivity index (χ0n) is 13.3. The van der Waals surface area contributed by atoms with Gasteiger partial charge in [0.1, 0.15) is 5.82 Å². The molecule has 0 heterocycles. The van der Waals surface area contributed by atoms with Crippen molar-refractivity contribution in [1.82, 2.24) is 10.6 Å². The van der Waals surface area contributed by atoms with Gasteiger partial charge in [-0.2, -0.15) is 0 Å². The molecular formula is C16H25FN2O3. The van der Waals surface area contributed by atoms with Crippen LogP contribution in [0.1, 0.15) is 38.9 Å². The molecule has 4 N–H and O–H groups in total. The van der Waals surface area contributed by atoms with Gasteiger partial charge < -0.3 is 20.8 Å². The van der Waals surface area contributed by atoms with Crippen LogP contribution in [0.3, 0.4) is 0 Å². The summed E-state index contributed by atoms with van der Waals surface area (Å²) in [5, 5.41) is 24.6. The largest absolute Gasteiger partial charge is 0.393 e. The molecule has 1 rings (SSSR count). The van der Waals surface area contributed by atoms with Crippen molar-refractivity contribution in [3.05, 3.63) is 35.6 Å². The first-order valence-corrected chi connectivity index (χ1v) is 7.33. The first kappa shape index (κ1) is 18.4. The van der Waals surface area contributed by atoms with E-state index < -0.39 is 12.2 Å². The molecule has 6 heteroatoms. The van der Waals surface area contributed by atoms with E-state index in [1.807, 2.05) is 13.8 Å². The van der Waals surface area contributed by atoms with Gasteiger partial charge in [0.2, 0.25) is 0 Å². The van der Waals surface area contributed by atoms with E-state index in [1.54, 1.807) is 6.92 Å². The molecule has 0 aliphatic carbocycles. The highest BCUT2D eigenvalue weighted by Crippen LogP contribution is 2.21. The number of aliphatic hydroxyl groups excluding tert-OH is 2. The summed E-state index contributed by atoms with van der Waals surface area (Å²) in [5.41, 5.74) is 0.317. The summed E-state index contributed by atoms with van der Waals surface area (Å²) >= 11 is 0. The fraction of sp³-hybridized carbons (Fsp3) is 0.562. The highest BCUT2D eigenvalue weighted by molar-refractivity contribution is 5.73. The Morgan fingerprint density at radius 2 is 1.82 bits per heavy atom. The predicted octanol–water partition coefficient (Wildman–Crippen LogP) is 1.96. The zero-order chi connectivity index (χ0) is 16.8. The molecule has 5 nitrogen and oxygen atoms in total. The summed E-state index contributed by atoms with van der Waals surface area (Å²) in [4.78, 5) is 11.7. The third-order valence-electron chi connectivity index (χ3n) is 3.29. The molecule has 0 aromatic heterocycles. The zero-order valence-corrected chi connectivity index (χ0v) is 13.3. The molecule has 0 aliphatic heterocycles. The first-order chi connectivity index (χ1) is 10.2. The smallest absolute Gasteiger partial charge is 0.314 e. The second-order valence-electron chi connectivity index (χ2n) is 6.35. The van der Waals surface area contributed by atoms with Crippen molar-refractivity contribution in [2.75, 3.05) is 13.1 Å². The molecule has 22 heavy (non-hydrogen) atoms. The quantitative estimate of drug-likeness (QED) is 0.621. The minimum Gasteiger partial charge on any atom is -0.393 e. The van der Waals surface area contributed by atoms with Crippen LogP contribution in [0.15, 0.2) is 24.3 Å². The van der Waals surface area contributed by atoms with Gasteiger partial charge in [0, 0.05) is 13.1 Å². The lowest BCUT2D eigenvalue weighted by atomic mass is 9.87. The molecule has 2 unspecified atom stereocenters. The van der Waals surface area contributed by atoms with Crippen molar-refractivity contribution < 1.29 is 19.4 Å². The lowest BCUT2D eigenvalue weighted by molar-refractivity contribution is 0.128. The monoisotopic (exact) mass is 312 g/mol. The number of hydrogen-bond acceptors (Lipinski definition) is 3. The van der Waals surface area contributed by atoms with Crippen LogP contribution < -0.4 is 10.6 Å². The fourth-order valence-corrected chi connectivity index (χ4v) is 2.25. The van der Waals surface area contributed by atoms with Crippen LogP contribution in [0.25, 0.3) is 0 Å². The number of amides is 2. The number of urea groups is 1. The van der Waals surface area contributed by atoms with Crippen LogP contribution in [0.5, 0.6) is 0 Å². The molecule has 1 aromatic rings. The Kier molecular flexibility index (Phi) is 6.77. The third kappa shape index (κ3) is 6.87. The summed E-state index contributed by atoms with van der Waals surface area (Å²) in [6, 6.07) is 5.09. The highest BCUT2D eigenvalue weighted by atomic mass is 19.1. The van der Waals surface area contributed by atoms with Gasteiger partial charge in [-0.3, -0.25) is 0 Å². The van der Waals surface area contributed by atoms with Crippen molar-refractivity contribution in [3.63, 3.8) is 0 Å². The van der Waals surface area contributed by atoms with Gasteiger partial charge in [0.05, 0.1) is 12.2 Å². The molecule has 0 fully saturated rings. The van der Waals surface area contributed by atoms with E-state index in [0.29, 0.717) is 18.5 Å². The Morgan fingerprint density at radius 1 is 1.23 bits per heavy atom. The van der Waals surface area contributed by atoms with E-state index in [9.17, 15) is 19.4 Å². The molecule has 2 atom stereocenters. The van der Waals surface area contributed by atoms with Crippen molar-refractivity contribution in [2.45, 2.75) is 39.4 Å². The van der Waals surface area contributed by atoms with Crippen LogP contribution >= 0.6 is 0 Å². The van der Waals surface area contributed by atoms with Gasteiger partial charge in [-0.25, -0.2) is 9.18 Å². The molecule has 2 amide bonds. The van der Waals surface area contributed by atoms with Gasteiger partial charge >= 0.3 is 6.03 Å². The third-order valence-corrected chi connectivity index (χ3v) is 3.29. The summed E-state index contributed by atoms with van der Waals surface area (Å²) in [7, 11) is 0. The van der Waals surface area contributed by atoms with Gasteiger partial charge in [-0.05, 0) is 36.5 Å². The highest BCUT2D eigenvalue weighted by Gasteiger charge is 2.21. The van der Waals surface area contributed by atoms with Crippen LogP contribution in [-0.2, 0) is 0 Å². The van der Waals surface area contributed by atoms with E-state index in [2.05, 4.69) is 10.6 Å². The van der Waals surface area contributed by atoms with Crippen LogP contribution in [-0.4, -0.2) is 35.4 Å². The molecule has 0 bridgehead atoms. The normalized spacial score (nSPS) is 14.3. The molecule has 124 valence electrons. The number of halogens is 1. The van der Waals surface area contributed by atoms with Gasteiger partial charge in [-0.1, -0.05) is 26.0 Å². The van der Waals surface area contributed by atoms with E-state index in [0.717, 1.165) is 0 Å². The van der Waals surface area contributed by atoms with Crippen LogP contribution in [0.4, 0.5) is 9.18 Å². The van der Waals surface area contributed by atoms with E-state index in [-0.39, 0.29) is 23.8 Å². The first-order valence-electron chi connectivity index (χ1n) is 7.33. The SMILES string of the molecule is CC(O)CC(C)(C)CNC(=O)NCC(O)c1ccc(F)cc1. The topological polar surface area (TPSA) is 81.6 Å². The number of nitrogens with one attached hydrogen (secondary N) is 2. The van der Waals surface area contributed by atoms with Crippen LogP contribution in [0.2, 0.25) is 0 Å². The number of aliphatic hydroxyl groups is 2. The number of carbonyl (C=O) groups is 1. The predicted molar refractivity (Wildman–Crippen MR) is 82.8 cm³/mol. The average Bonchev–Trinajstić information content (AvgIpc) is 2.42. The Bertz CT molecular complexity index is 475. The number of hydrogen-bond donors (Lipinski definition) is 4. The number of rotatable bonds is 7. The van der Waals surface area contributed by atoms with Crippen molar-refractivity contribution in [2.24, 2.45) is 5.41 Å². The molecule has 0 saturated carbocycles. The molecule has 1 aromatic carbocycles. The Balaban J connectivity index is 2.35. The van der Waals surface area contributed by atoms with Gasteiger partial charge in [0.25, 0.3) is 0 Å². The Morgan fingerprint density at radius 3 is 2.36 bits per heavy atom. The second kappa shape index (κ2) is 8.10. The van der Waals surface area contributed by atoms with E-state index in [1.165, 1.54) is 24.3 Å². The second-order valence-corrected chi connectivity index (χ2v) is 6.35. The van der Waals surface area contributed by atoms with Crippen LogP contribution in [0, 0.1) is 11.2 Å². The van der Waals surface area contributed by atoms with Crippen molar-refractivity contribution in [1.29, 1.82) is 0 Å². The fourth-order valence-electron chi connectivity index (χ4n) is 2.25. The molecular weight excluding hydrogens is 287 g/mol. The minimum absolute atomic E-state index is 0.0360. The summed E-state index contributed by atoms with van der Waals surface area (Å²) in [5.74, 6) is -0.373. The Hall–Kier alpha value is -1.66. The maximum absolute atomic E-state index is 12.8. The Labute approximate surface area is 130 Å². The average molecular weight is 312 g/mol. The summed E-state index contributed by atoms with van der Waals surface area (Å²) in [6.07, 6.45) is -0.747. The maximum Gasteiger partial charge on any atom is 0.314 e.